The van der Waals surface area contributed by atoms with Gasteiger partial charge in [0.1, 0.15) is 5.25 Å². The van der Waals surface area contributed by atoms with Crippen molar-refractivity contribution >= 4 is 56.8 Å². The third kappa shape index (κ3) is 5.50. The summed E-state index contributed by atoms with van der Waals surface area (Å²) in [5.41, 5.74) is 0.910. The highest BCUT2D eigenvalue weighted by Crippen LogP contribution is 2.29. The first-order valence-electron chi connectivity index (χ1n) is 10.2. The van der Waals surface area contributed by atoms with Crippen molar-refractivity contribution in [2.75, 3.05) is 23.7 Å². The van der Waals surface area contributed by atoms with Crippen LogP contribution in [0.25, 0.3) is 0 Å². The van der Waals surface area contributed by atoms with Gasteiger partial charge in [-0.1, -0.05) is 17.8 Å². The van der Waals surface area contributed by atoms with Crippen LogP contribution in [0.2, 0.25) is 0 Å². The lowest BCUT2D eigenvalue weighted by Gasteiger charge is -2.27. The minimum Gasteiger partial charge on any atom is -0.351 e. The molecule has 3 heterocycles. The molecular weight excluding hydrogens is 434 g/mol. The van der Waals surface area contributed by atoms with Gasteiger partial charge >= 0.3 is 0 Å². The van der Waals surface area contributed by atoms with Crippen LogP contribution in [-0.2, 0) is 9.59 Å². The van der Waals surface area contributed by atoms with E-state index in [4.69, 9.17) is 0 Å². The Morgan fingerprint density at radius 2 is 2.00 bits per heavy atom. The molecule has 8 nitrogen and oxygen atoms in total. The van der Waals surface area contributed by atoms with Crippen LogP contribution in [0.5, 0.6) is 0 Å². The fourth-order valence-corrected chi connectivity index (χ4v) is 5.21. The Kier molecular flexibility index (Phi) is 6.67. The van der Waals surface area contributed by atoms with Gasteiger partial charge in [0.05, 0.1) is 0 Å². The summed E-state index contributed by atoms with van der Waals surface area (Å²) in [6.45, 7) is 3.73. The quantitative estimate of drug-likeness (QED) is 0.712. The number of rotatable bonds is 5. The molecule has 0 aliphatic carbocycles. The third-order valence-corrected chi connectivity index (χ3v) is 7.02. The van der Waals surface area contributed by atoms with E-state index in [9.17, 15) is 14.4 Å². The number of hydrogen-bond acceptors (Lipinski definition) is 7. The maximum Gasteiger partial charge on any atom is 0.262 e. The Hall–Kier alpha value is -2.72. The molecule has 1 fully saturated rings. The summed E-state index contributed by atoms with van der Waals surface area (Å²) in [7, 11) is 0. The van der Waals surface area contributed by atoms with Gasteiger partial charge in [-0.25, -0.2) is 4.98 Å². The van der Waals surface area contributed by atoms with E-state index in [0.717, 1.165) is 36.0 Å². The van der Waals surface area contributed by atoms with Crippen molar-refractivity contribution < 1.29 is 14.4 Å². The van der Waals surface area contributed by atoms with Crippen LogP contribution in [0, 0.1) is 6.92 Å². The monoisotopic (exact) mass is 457 g/mol. The van der Waals surface area contributed by atoms with Crippen LogP contribution in [-0.4, -0.2) is 51.1 Å². The second-order valence-electron chi connectivity index (χ2n) is 7.45. The van der Waals surface area contributed by atoms with Gasteiger partial charge in [0.2, 0.25) is 5.91 Å². The van der Waals surface area contributed by atoms with E-state index >= 15 is 0 Å². The normalized spacial score (nSPS) is 18.6. The second kappa shape index (κ2) is 9.61. The number of hydrogen-bond donors (Lipinski definition) is 2. The first-order chi connectivity index (χ1) is 15.0. The zero-order chi connectivity index (χ0) is 21.8. The van der Waals surface area contributed by atoms with Crippen molar-refractivity contribution in [1.29, 1.82) is 0 Å². The van der Waals surface area contributed by atoms with E-state index in [1.54, 1.807) is 30.5 Å². The standard InChI is InChI=1S/C21H23N5O3S2/c1-13-12-22-20(30-13)24-18(28)14-6-5-7-15(10-14)23-17(27)11-16-19(29)25-21(31-16)26-8-3-2-4-9-26/h5-7,10,12,16H,2-4,8-9,11H2,1H3,(H,23,27)(H,22,24,28)/t16-/m1/s1. The van der Waals surface area contributed by atoms with Gasteiger partial charge in [-0.15, -0.1) is 11.3 Å². The van der Waals surface area contributed by atoms with Crippen LogP contribution in [0.3, 0.4) is 0 Å². The summed E-state index contributed by atoms with van der Waals surface area (Å²) in [6, 6.07) is 6.68. The minimum absolute atomic E-state index is 0.0408. The number of nitrogens with one attached hydrogen (secondary N) is 2. The molecule has 2 aliphatic rings. The number of carbonyl (C=O) groups excluding carboxylic acids is 3. The number of thiazole rings is 1. The third-order valence-electron chi connectivity index (χ3n) is 4.98. The number of piperidine rings is 1. The van der Waals surface area contributed by atoms with Crippen molar-refractivity contribution in [2.45, 2.75) is 37.9 Å². The fraction of sp³-hybridized carbons (Fsp3) is 0.381. The van der Waals surface area contributed by atoms with Crippen molar-refractivity contribution in [1.82, 2.24) is 9.88 Å². The van der Waals surface area contributed by atoms with Crippen molar-refractivity contribution in [2.24, 2.45) is 4.99 Å². The number of nitrogens with zero attached hydrogens (tertiary/aromatic N) is 3. The Morgan fingerprint density at radius 3 is 2.74 bits per heavy atom. The predicted octanol–water partition coefficient (Wildman–Crippen LogP) is 3.52. The molecule has 1 aromatic heterocycles. The first-order valence-corrected chi connectivity index (χ1v) is 11.9. The highest BCUT2D eigenvalue weighted by Gasteiger charge is 2.33. The van der Waals surface area contributed by atoms with Crippen molar-refractivity contribution in [3.8, 4) is 0 Å². The molecular formula is C21H23N5O3S2. The number of benzene rings is 1. The molecule has 2 aromatic rings. The summed E-state index contributed by atoms with van der Waals surface area (Å²) in [5, 5.41) is 6.29. The molecule has 1 aromatic carbocycles. The summed E-state index contributed by atoms with van der Waals surface area (Å²) in [5.74, 6) is -0.840. The van der Waals surface area contributed by atoms with Gasteiger partial charge in [0.25, 0.3) is 11.8 Å². The Morgan fingerprint density at radius 1 is 1.19 bits per heavy atom. The average molecular weight is 458 g/mol. The van der Waals surface area contributed by atoms with E-state index in [1.165, 1.54) is 29.5 Å². The number of thioether (sulfide) groups is 1. The molecule has 4 rings (SSSR count). The molecule has 3 amide bonds. The number of aryl methyl sites for hydroxylation is 1. The number of carbonyl (C=O) groups is 3. The molecule has 1 atom stereocenters. The maximum absolute atomic E-state index is 12.5. The predicted molar refractivity (Wildman–Crippen MR) is 124 cm³/mol. The second-order valence-corrected chi connectivity index (χ2v) is 9.85. The van der Waals surface area contributed by atoms with Crippen LogP contribution in [0.4, 0.5) is 10.8 Å². The fourth-order valence-electron chi connectivity index (χ4n) is 3.43. The zero-order valence-electron chi connectivity index (χ0n) is 17.1. The van der Waals surface area contributed by atoms with Crippen molar-refractivity contribution in [3.63, 3.8) is 0 Å². The van der Waals surface area contributed by atoms with E-state index in [0.29, 0.717) is 16.4 Å². The smallest absolute Gasteiger partial charge is 0.262 e. The Bertz CT molecular complexity index is 1030. The minimum atomic E-state index is -0.503. The summed E-state index contributed by atoms with van der Waals surface area (Å²) < 4.78 is 0. The lowest BCUT2D eigenvalue weighted by Crippen LogP contribution is -2.33. The Labute approximate surface area is 188 Å². The van der Waals surface area contributed by atoms with Gasteiger partial charge in [-0.05, 0) is 44.4 Å². The number of aromatic nitrogens is 1. The van der Waals surface area contributed by atoms with Crippen molar-refractivity contribution in [3.05, 3.63) is 40.9 Å². The molecule has 1 saturated heterocycles. The number of amidine groups is 1. The topological polar surface area (TPSA) is 104 Å². The number of anilines is 2. The highest BCUT2D eigenvalue weighted by atomic mass is 32.2. The van der Waals surface area contributed by atoms with Gasteiger partial charge in [0.15, 0.2) is 10.3 Å². The number of likely N-dealkylation sites (tertiary alicyclic amines) is 1. The van der Waals surface area contributed by atoms with Gasteiger partial charge in [-0.2, -0.15) is 4.99 Å². The zero-order valence-corrected chi connectivity index (χ0v) is 18.7. The SMILES string of the molecule is Cc1cnc(NC(=O)c2cccc(NC(=O)C[C@H]3SC(N4CCCCC4)=NC3=O)c2)s1. The lowest BCUT2D eigenvalue weighted by molar-refractivity contribution is -0.121. The largest absolute Gasteiger partial charge is 0.351 e. The van der Waals surface area contributed by atoms with Crippen LogP contribution < -0.4 is 10.6 Å². The molecule has 0 radical (unpaired) electrons. The molecule has 31 heavy (non-hydrogen) atoms. The Balaban J connectivity index is 1.32. The van der Waals surface area contributed by atoms with Gasteiger partial charge in [-0.3, -0.25) is 19.7 Å². The molecule has 0 unspecified atom stereocenters. The molecule has 2 N–H and O–H groups in total. The summed E-state index contributed by atoms with van der Waals surface area (Å²) >= 11 is 2.76. The molecule has 0 saturated carbocycles. The maximum atomic E-state index is 12.5. The number of amides is 3. The molecule has 2 aliphatic heterocycles. The van der Waals surface area contributed by atoms with E-state index < -0.39 is 5.25 Å². The number of aliphatic imine (C=N–C) groups is 1. The molecule has 0 spiro atoms. The first kappa shape index (κ1) is 21.5. The molecule has 10 heteroatoms. The summed E-state index contributed by atoms with van der Waals surface area (Å²) in [4.78, 5) is 48.7. The lowest BCUT2D eigenvalue weighted by atomic mass is 10.1. The molecule has 162 valence electrons. The van der Waals surface area contributed by atoms with Gasteiger partial charge < -0.3 is 10.2 Å². The average Bonchev–Trinajstić information content (AvgIpc) is 3.34. The van der Waals surface area contributed by atoms with Crippen LogP contribution in [0.1, 0.15) is 40.9 Å². The van der Waals surface area contributed by atoms with Gasteiger partial charge in [0, 0.05) is 41.8 Å². The van der Waals surface area contributed by atoms with Crippen LogP contribution >= 0.6 is 23.1 Å². The van der Waals surface area contributed by atoms with E-state index in [2.05, 4.69) is 25.5 Å². The highest BCUT2D eigenvalue weighted by molar-refractivity contribution is 8.15. The summed E-state index contributed by atoms with van der Waals surface area (Å²) in [6.07, 6.45) is 5.14. The van der Waals surface area contributed by atoms with E-state index in [-0.39, 0.29) is 24.1 Å². The van der Waals surface area contributed by atoms with E-state index in [1.807, 2.05) is 6.92 Å². The van der Waals surface area contributed by atoms with Crippen LogP contribution in [0.15, 0.2) is 35.5 Å². The molecule has 0 bridgehead atoms.